The van der Waals surface area contributed by atoms with E-state index in [0.717, 1.165) is 12.1 Å². The zero-order valence-corrected chi connectivity index (χ0v) is 11.4. The normalized spacial score (nSPS) is 18.3. The molecule has 1 amide bonds. The zero-order chi connectivity index (χ0) is 15.5. The van der Waals surface area contributed by atoms with Gasteiger partial charge < -0.3 is 15.8 Å². The molecule has 0 unspecified atom stereocenters. The summed E-state index contributed by atoms with van der Waals surface area (Å²) >= 11 is 0. The zero-order valence-electron chi connectivity index (χ0n) is 11.4. The van der Waals surface area contributed by atoms with Crippen molar-refractivity contribution in [3.8, 4) is 0 Å². The Bertz CT molecular complexity index is 511. The average Bonchev–Trinajstić information content (AvgIpc) is 2.47. The quantitative estimate of drug-likeness (QED) is 0.897. The highest BCUT2D eigenvalue weighted by Crippen LogP contribution is 2.29. The van der Waals surface area contributed by atoms with Crippen LogP contribution in [0, 0.1) is 0 Å². The molecular formula is C14H17F3N2O2. The van der Waals surface area contributed by atoms with Crippen molar-refractivity contribution in [2.75, 3.05) is 19.8 Å². The number of halogens is 3. The first kappa shape index (κ1) is 15.8. The molecule has 21 heavy (non-hydrogen) atoms. The molecule has 0 spiro atoms. The van der Waals surface area contributed by atoms with E-state index in [2.05, 4.69) is 5.32 Å². The molecule has 1 saturated heterocycles. The van der Waals surface area contributed by atoms with Gasteiger partial charge in [-0.3, -0.25) is 4.79 Å². The summed E-state index contributed by atoms with van der Waals surface area (Å²) < 4.78 is 43.2. The van der Waals surface area contributed by atoms with Crippen molar-refractivity contribution in [1.82, 2.24) is 5.32 Å². The second-order valence-electron chi connectivity index (χ2n) is 5.13. The van der Waals surface area contributed by atoms with Crippen LogP contribution in [0.5, 0.6) is 0 Å². The maximum absolute atomic E-state index is 12.7. The number of carbonyl (C=O) groups is 1. The molecule has 0 aliphatic carbocycles. The van der Waals surface area contributed by atoms with Gasteiger partial charge in [0, 0.05) is 25.3 Å². The Labute approximate surface area is 120 Å². The molecule has 1 aliphatic heterocycles. The predicted octanol–water partition coefficient (Wildman–Crippen LogP) is 1.94. The molecule has 1 aromatic carbocycles. The largest absolute Gasteiger partial charge is 0.416 e. The molecule has 0 radical (unpaired) electrons. The van der Waals surface area contributed by atoms with Gasteiger partial charge in [-0.1, -0.05) is 6.07 Å². The van der Waals surface area contributed by atoms with Crippen LogP contribution in [-0.4, -0.2) is 31.2 Å². The van der Waals surface area contributed by atoms with Gasteiger partial charge in [0.05, 0.1) is 11.1 Å². The Hall–Kier alpha value is -1.60. The van der Waals surface area contributed by atoms with Gasteiger partial charge in [-0.05, 0) is 31.0 Å². The summed E-state index contributed by atoms with van der Waals surface area (Å²) in [5, 5.41) is 2.77. The molecule has 0 bridgehead atoms. The van der Waals surface area contributed by atoms with E-state index in [1.165, 1.54) is 12.1 Å². The third-order valence-electron chi connectivity index (χ3n) is 3.67. The van der Waals surface area contributed by atoms with Gasteiger partial charge >= 0.3 is 6.18 Å². The number of ether oxygens (including phenoxy) is 1. The number of carbonyl (C=O) groups excluding carboxylic acids is 1. The second kappa shape index (κ2) is 6.03. The van der Waals surface area contributed by atoms with Gasteiger partial charge in [-0.15, -0.1) is 0 Å². The van der Waals surface area contributed by atoms with Crippen molar-refractivity contribution in [3.63, 3.8) is 0 Å². The molecule has 0 atom stereocenters. The lowest BCUT2D eigenvalue weighted by molar-refractivity contribution is -0.137. The summed E-state index contributed by atoms with van der Waals surface area (Å²) in [6.45, 7) is 1.17. The highest BCUT2D eigenvalue weighted by Gasteiger charge is 2.34. The molecule has 4 nitrogen and oxygen atoms in total. The minimum atomic E-state index is -4.47. The van der Waals surface area contributed by atoms with Gasteiger partial charge in [0.25, 0.3) is 5.91 Å². The van der Waals surface area contributed by atoms with Crippen LogP contribution in [0.3, 0.4) is 0 Å². The number of benzene rings is 1. The van der Waals surface area contributed by atoms with Crippen LogP contribution in [0.1, 0.15) is 28.8 Å². The predicted molar refractivity (Wildman–Crippen MR) is 70.7 cm³/mol. The number of nitrogens with two attached hydrogens (primary N) is 1. The van der Waals surface area contributed by atoms with Crippen LogP contribution in [0.4, 0.5) is 13.2 Å². The van der Waals surface area contributed by atoms with Gasteiger partial charge in [-0.2, -0.15) is 13.2 Å². The van der Waals surface area contributed by atoms with E-state index in [-0.39, 0.29) is 12.1 Å². The van der Waals surface area contributed by atoms with Crippen LogP contribution in [0.2, 0.25) is 0 Å². The Morgan fingerprint density at radius 1 is 1.33 bits per heavy atom. The molecule has 3 N–H and O–H groups in total. The van der Waals surface area contributed by atoms with E-state index in [4.69, 9.17) is 10.5 Å². The number of rotatable bonds is 3. The van der Waals surface area contributed by atoms with Crippen LogP contribution < -0.4 is 11.1 Å². The molecule has 1 aromatic rings. The van der Waals surface area contributed by atoms with Crippen molar-refractivity contribution in [1.29, 1.82) is 0 Å². The van der Waals surface area contributed by atoms with Crippen molar-refractivity contribution >= 4 is 5.91 Å². The SMILES string of the molecule is NCC1(NC(=O)c2cccc(C(F)(F)F)c2)CCOCC1. The van der Waals surface area contributed by atoms with Crippen LogP contribution in [-0.2, 0) is 10.9 Å². The first-order chi connectivity index (χ1) is 9.86. The lowest BCUT2D eigenvalue weighted by atomic mass is 9.89. The second-order valence-corrected chi connectivity index (χ2v) is 5.13. The molecule has 1 heterocycles. The standard InChI is InChI=1S/C14H17F3N2O2/c15-14(16,17)11-3-1-2-10(8-11)12(20)19-13(9-18)4-6-21-7-5-13/h1-3,8H,4-7,9,18H2,(H,19,20). The first-order valence-electron chi connectivity index (χ1n) is 6.64. The smallest absolute Gasteiger partial charge is 0.381 e. The summed E-state index contributed by atoms with van der Waals surface area (Å²) in [5.41, 5.74) is 4.24. The maximum Gasteiger partial charge on any atom is 0.416 e. The molecule has 1 fully saturated rings. The number of hydrogen-bond donors (Lipinski definition) is 2. The minimum absolute atomic E-state index is 0.0239. The van der Waals surface area contributed by atoms with E-state index in [9.17, 15) is 18.0 Å². The Morgan fingerprint density at radius 3 is 2.57 bits per heavy atom. The lowest BCUT2D eigenvalue weighted by Crippen LogP contribution is -2.56. The van der Waals surface area contributed by atoms with E-state index in [1.807, 2.05) is 0 Å². The molecule has 116 valence electrons. The summed E-state index contributed by atoms with van der Waals surface area (Å²) in [6.07, 6.45) is -3.37. The fourth-order valence-corrected chi connectivity index (χ4v) is 2.29. The Morgan fingerprint density at radius 2 is 2.00 bits per heavy atom. The Kier molecular flexibility index (Phi) is 4.53. The number of nitrogens with one attached hydrogen (secondary N) is 1. The topological polar surface area (TPSA) is 64.3 Å². The third kappa shape index (κ3) is 3.74. The van der Waals surface area contributed by atoms with E-state index in [0.29, 0.717) is 26.1 Å². The van der Waals surface area contributed by atoms with E-state index >= 15 is 0 Å². The maximum atomic E-state index is 12.7. The summed E-state index contributed by atoms with van der Waals surface area (Å²) in [7, 11) is 0. The van der Waals surface area contributed by atoms with Gasteiger partial charge in [-0.25, -0.2) is 0 Å². The van der Waals surface area contributed by atoms with Gasteiger partial charge in [0.15, 0.2) is 0 Å². The average molecular weight is 302 g/mol. The first-order valence-corrected chi connectivity index (χ1v) is 6.64. The fourth-order valence-electron chi connectivity index (χ4n) is 2.29. The van der Waals surface area contributed by atoms with Crippen molar-refractivity contribution < 1.29 is 22.7 Å². The molecule has 1 aliphatic rings. The highest BCUT2D eigenvalue weighted by atomic mass is 19.4. The number of amides is 1. The van der Waals surface area contributed by atoms with E-state index in [1.54, 1.807) is 0 Å². The van der Waals surface area contributed by atoms with Crippen LogP contribution in [0.25, 0.3) is 0 Å². The van der Waals surface area contributed by atoms with Crippen LogP contribution in [0.15, 0.2) is 24.3 Å². The third-order valence-corrected chi connectivity index (χ3v) is 3.67. The molecule has 0 aromatic heterocycles. The number of alkyl halides is 3. The summed E-state index contributed by atoms with van der Waals surface area (Å²) in [5.74, 6) is -0.548. The van der Waals surface area contributed by atoms with Crippen molar-refractivity contribution in [2.24, 2.45) is 5.73 Å². The van der Waals surface area contributed by atoms with Crippen LogP contribution >= 0.6 is 0 Å². The molecule has 7 heteroatoms. The van der Waals surface area contributed by atoms with E-state index < -0.39 is 23.2 Å². The Balaban J connectivity index is 2.16. The van der Waals surface area contributed by atoms with Crippen molar-refractivity contribution in [3.05, 3.63) is 35.4 Å². The summed E-state index contributed by atoms with van der Waals surface area (Å²) in [6, 6.07) is 4.35. The van der Waals surface area contributed by atoms with Gasteiger partial charge in [0.1, 0.15) is 0 Å². The summed E-state index contributed by atoms with van der Waals surface area (Å²) in [4.78, 5) is 12.2. The molecule has 2 rings (SSSR count). The molecular weight excluding hydrogens is 285 g/mol. The molecule has 0 saturated carbocycles. The lowest BCUT2D eigenvalue weighted by Gasteiger charge is -2.37. The minimum Gasteiger partial charge on any atom is -0.381 e. The monoisotopic (exact) mass is 302 g/mol. The van der Waals surface area contributed by atoms with Crippen molar-refractivity contribution in [2.45, 2.75) is 24.6 Å². The highest BCUT2D eigenvalue weighted by molar-refractivity contribution is 5.94. The fraction of sp³-hybridized carbons (Fsp3) is 0.500. The number of hydrogen-bond acceptors (Lipinski definition) is 3. The van der Waals surface area contributed by atoms with Gasteiger partial charge in [0.2, 0.25) is 0 Å².